The molecule has 4 fully saturated rings. The van der Waals surface area contributed by atoms with Crippen molar-refractivity contribution < 1.29 is 9.84 Å². The zero-order valence-corrected chi connectivity index (χ0v) is 9.12. The van der Waals surface area contributed by atoms with Gasteiger partial charge < -0.3 is 9.84 Å². The molecular weight excluding hydrogens is 176 g/mol. The molecule has 0 saturated heterocycles. The first-order chi connectivity index (χ1) is 6.57. The lowest BCUT2D eigenvalue weighted by atomic mass is 9.48. The first-order valence-electron chi connectivity index (χ1n) is 5.85. The Morgan fingerprint density at radius 2 is 1.71 bits per heavy atom. The van der Waals surface area contributed by atoms with Crippen molar-refractivity contribution in [3.05, 3.63) is 0 Å². The molecule has 0 aromatic heterocycles. The lowest BCUT2D eigenvalue weighted by Gasteiger charge is -2.63. The summed E-state index contributed by atoms with van der Waals surface area (Å²) in [5.41, 5.74) is -0.781. The van der Waals surface area contributed by atoms with Crippen LogP contribution in [0.3, 0.4) is 0 Å². The molecule has 4 aliphatic carbocycles. The van der Waals surface area contributed by atoms with E-state index in [0.29, 0.717) is 5.92 Å². The highest BCUT2D eigenvalue weighted by Gasteiger charge is 2.63. The van der Waals surface area contributed by atoms with Crippen LogP contribution in [0.2, 0.25) is 0 Å². The molecule has 3 atom stereocenters. The predicted molar refractivity (Wildman–Crippen MR) is 53.9 cm³/mol. The summed E-state index contributed by atoms with van der Waals surface area (Å²) in [6, 6.07) is 0. The third-order valence-corrected chi connectivity index (χ3v) is 5.25. The lowest BCUT2D eigenvalue weighted by molar-refractivity contribution is -0.268. The summed E-state index contributed by atoms with van der Waals surface area (Å²) in [5.74, 6) is 2.15. The van der Waals surface area contributed by atoms with Crippen LogP contribution in [0.1, 0.15) is 39.0 Å². The highest BCUT2D eigenvalue weighted by Crippen LogP contribution is 2.61. The molecule has 0 heterocycles. The maximum absolute atomic E-state index is 10.6. The third kappa shape index (κ3) is 0.892. The lowest BCUT2D eigenvalue weighted by Crippen LogP contribution is -2.68. The van der Waals surface area contributed by atoms with Gasteiger partial charge in [0.2, 0.25) is 0 Å². The minimum Gasteiger partial charge on any atom is -0.387 e. The fourth-order valence-corrected chi connectivity index (χ4v) is 4.53. The molecule has 2 nitrogen and oxygen atoms in total. The van der Waals surface area contributed by atoms with Crippen LogP contribution in [0, 0.1) is 17.8 Å². The van der Waals surface area contributed by atoms with Crippen molar-refractivity contribution in [2.75, 3.05) is 7.11 Å². The van der Waals surface area contributed by atoms with E-state index in [1.165, 1.54) is 19.3 Å². The van der Waals surface area contributed by atoms with Gasteiger partial charge in [0.15, 0.2) is 0 Å². The van der Waals surface area contributed by atoms with E-state index in [4.69, 9.17) is 4.74 Å². The van der Waals surface area contributed by atoms with Crippen LogP contribution in [0.5, 0.6) is 0 Å². The molecule has 0 radical (unpaired) electrons. The normalized spacial score (nSPS) is 60.6. The minimum atomic E-state index is -0.574. The van der Waals surface area contributed by atoms with Crippen LogP contribution in [0.25, 0.3) is 0 Å². The van der Waals surface area contributed by atoms with Gasteiger partial charge in [0.1, 0.15) is 0 Å². The van der Waals surface area contributed by atoms with Gasteiger partial charge in [0.05, 0.1) is 11.2 Å². The molecule has 2 heteroatoms. The zero-order valence-electron chi connectivity index (χ0n) is 9.12. The molecule has 80 valence electrons. The summed E-state index contributed by atoms with van der Waals surface area (Å²) >= 11 is 0. The van der Waals surface area contributed by atoms with Gasteiger partial charge in [-0.15, -0.1) is 0 Å². The van der Waals surface area contributed by atoms with Gasteiger partial charge in [-0.2, -0.15) is 0 Å². The Hall–Kier alpha value is -0.0800. The van der Waals surface area contributed by atoms with Crippen molar-refractivity contribution in [2.45, 2.75) is 50.2 Å². The number of aliphatic hydroxyl groups is 1. The average Bonchev–Trinajstić information content (AvgIpc) is 2.13. The molecule has 1 N–H and O–H groups in total. The monoisotopic (exact) mass is 196 g/mol. The molecule has 0 amide bonds. The molecule has 0 aliphatic heterocycles. The van der Waals surface area contributed by atoms with Gasteiger partial charge in [0, 0.05) is 7.11 Å². The van der Waals surface area contributed by atoms with E-state index in [1.807, 2.05) is 6.92 Å². The van der Waals surface area contributed by atoms with E-state index >= 15 is 0 Å². The van der Waals surface area contributed by atoms with Crippen molar-refractivity contribution in [3.8, 4) is 0 Å². The molecule has 4 rings (SSSR count). The quantitative estimate of drug-likeness (QED) is 0.694. The maximum atomic E-state index is 10.6. The Balaban J connectivity index is 2.02. The zero-order chi connectivity index (χ0) is 9.97. The molecule has 4 saturated carbocycles. The number of methoxy groups -OCH3 is 1. The summed E-state index contributed by atoms with van der Waals surface area (Å²) < 4.78 is 5.72. The molecule has 0 aromatic rings. The van der Waals surface area contributed by atoms with Crippen LogP contribution in [-0.2, 0) is 4.74 Å². The first kappa shape index (κ1) is 9.17. The minimum absolute atomic E-state index is 0.207. The van der Waals surface area contributed by atoms with Gasteiger partial charge >= 0.3 is 0 Å². The number of hydrogen-bond acceptors (Lipinski definition) is 2. The second kappa shape index (κ2) is 2.53. The molecule has 3 unspecified atom stereocenters. The topological polar surface area (TPSA) is 29.5 Å². The molecular formula is C12H20O2. The van der Waals surface area contributed by atoms with Gasteiger partial charge in [-0.3, -0.25) is 0 Å². The molecule has 14 heavy (non-hydrogen) atoms. The third-order valence-electron chi connectivity index (χ3n) is 5.25. The van der Waals surface area contributed by atoms with E-state index in [9.17, 15) is 5.11 Å². The Kier molecular flexibility index (Phi) is 1.66. The van der Waals surface area contributed by atoms with Crippen molar-refractivity contribution >= 4 is 0 Å². The van der Waals surface area contributed by atoms with Crippen molar-refractivity contribution in [2.24, 2.45) is 17.8 Å². The average molecular weight is 196 g/mol. The number of rotatable bonds is 1. The van der Waals surface area contributed by atoms with Crippen molar-refractivity contribution in [1.82, 2.24) is 0 Å². The van der Waals surface area contributed by atoms with Gasteiger partial charge in [0.25, 0.3) is 0 Å². The van der Waals surface area contributed by atoms with Crippen LogP contribution >= 0.6 is 0 Å². The second-order valence-electron chi connectivity index (χ2n) is 5.89. The Morgan fingerprint density at radius 3 is 2.21 bits per heavy atom. The van der Waals surface area contributed by atoms with Crippen molar-refractivity contribution in [1.29, 1.82) is 0 Å². The number of hydrogen-bond donors (Lipinski definition) is 1. The summed E-state index contributed by atoms with van der Waals surface area (Å²) in [6.07, 6.45) is 6.02. The van der Waals surface area contributed by atoms with Crippen molar-refractivity contribution in [3.63, 3.8) is 0 Å². The standard InChI is InChI=1S/C12H20O2/c1-11(13)10-4-8-3-9(5-10)7-12(11,6-8)14-2/h8-10,13H,3-7H2,1-2H3. The molecule has 0 spiro atoms. The second-order valence-corrected chi connectivity index (χ2v) is 5.89. The Labute approximate surface area is 85.6 Å². The van der Waals surface area contributed by atoms with Gasteiger partial charge in [-0.25, -0.2) is 0 Å². The fourth-order valence-electron chi connectivity index (χ4n) is 4.53. The first-order valence-corrected chi connectivity index (χ1v) is 5.85. The van der Waals surface area contributed by atoms with E-state index < -0.39 is 5.60 Å². The van der Waals surface area contributed by atoms with E-state index in [-0.39, 0.29) is 5.60 Å². The molecule has 0 aromatic carbocycles. The van der Waals surface area contributed by atoms with Crippen LogP contribution < -0.4 is 0 Å². The van der Waals surface area contributed by atoms with E-state index in [1.54, 1.807) is 7.11 Å². The van der Waals surface area contributed by atoms with Gasteiger partial charge in [-0.1, -0.05) is 0 Å². The predicted octanol–water partition coefficient (Wildman–Crippen LogP) is 1.96. The summed E-state index contributed by atoms with van der Waals surface area (Å²) in [7, 11) is 1.78. The Morgan fingerprint density at radius 1 is 1.14 bits per heavy atom. The van der Waals surface area contributed by atoms with E-state index in [2.05, 4.69) is 0 Å². The van der Waals surface area contributed by atoms with Crippen LogP contribution in [0.4, 0.5) is 0 Å². The highest BCUT2D eigenvalue weighted by molar-refractivity contribution is 5.14. The summed E-state index contributed by atoms with van der Waals surface area (Å²) in [4.78, 5) is 0. The van der Waals surface area contributed by atoms with Gasteiger partial charge in [-0.05, 0) is 56.8 Å². The van der Waals surface area contributed by atoms with Crippen LogP contribution in [0.15, 0.2) is 0 Å². The fraction of sp³-hybridized carbons (Fsp3) is 1.00. The SMILES string of the molecule is COC12CC3CC(CC(C3)C1(C)O)C2. The summed E-state index contributed by atoms with van der Waals surface area (Å²) in [5, 5.41) is 10.6. The van der Waals surface area contributed by atoms with E-state index in [0.717, 1.165) is 24.7 Å². The smallest absolute Gasteiger partial charge is 0.0969 e. The summed E-state index contributed by atoms with van der Waals surface area (Å²) in [6.45, 7) is 2.00. The molecule has 4 bridgehead atoms. The highest BCUT2D eigenvalue weighted by atomic mass is 16.5. The largest absolute Gasteiger partial charge is 0.387 e. The van der Waals surface area contributed by atoms with Crippen LogP contribution in [-0.4, -0.2) is 23.4 Å². The number of ether oxygens (including phenoxy) is 1. The Bertz CT molecular complexity index is 245. The molecule has 4 aliphatic rings. The maximum Gasteiger partial charge on any atom is 0.0969 e.